The van der Waals surface area contributed by atoms with Gasteiger partial charge < -0.3 is 4.90 Å². The van der Waals surface area contributed by atoms with Crippen LogP contribution >= 0.6 is 23.4 Å². The first kappa shape index (κ1) is 14.6. The summed E-state index contributed by atoms with van der Waals surface area (Å²) in [6.45, 7) is 1.98. The highest BCUT2D eigenvalue weighted by molar-refractivity contribution is 8.02. The molecule has 0 spiro atoms. The predicted molar refractivity (Wildman–Crippen MR) is 94.3 cm³/mol. The summed E-state index contributed by atoms with van der Waals surface area (Å²) in [5.74, 6) is 0.503. The van der Waals surface area contributed by atoms with Crippen LogP contribution in [0.4, 0.5) is 10.1 Å². The van der Waals surface area contributed by atoms with Gasteiger partial charge in [-0.3, -0.25) is 4.40 Å². The summed E-state index contributed by atoms with van der Waals surface area (Å²) in [6.07, 6.45) is 1.86. The molecule has 1 aromatic carbocycles. The number of aromatic nitrogens is 2. The predicted octanol–water partition coefficient (Wildman–Crippen LogP) is 4.94. The van der Waals surface area contributed by atoms with Gasteiger partial charge in [0.2, 0.25) is 0 Å². The van der Waals surface area contributed by atoms with Gasteiger partial charge >= 0.3 is 0 Å². The monoisotopic (exact) mass is 345 g/mol. The summed E-state index contributed by atoms with van der Waals surface area (Å²) in [6, 6.07) is 10.4. The van der Waals surface area contributed by atoms with Crippen molar-refractivity contribution in [1.82, 2.24) is 9.38 Å². The molecule has 2 aromatic heterocycles. The molecule has 0 aliphatic carbocycles. The van der Waals surface area contributed by atoms with Crippen molar-refractivity contribution < 1.29 is 4.39 Å². The lowest BCUT2D eigenvalue weighted by Crippen LogP contribution is -2.18. The molecule has 3 aromatic rings. The van der Waals surface area contributed by atoms with Gasteiger partial charge in [0.05, 0.1) is 28.0 Å². The quantitative estimate of drug-likeness (QED) is 0.656. The van der Waals surface area contributed by atoms with Crippen molar-refractivity contribution in [1.29, 1.82) is 0 Å². The number of anilines is 1. The summed E-state index contributed by atoms with van der Waals surface area (Å²) in [7, 11) is 0. The molecule has 0 saturated carbocycles. The Balaban J connectivity index is 1.86. The van der Waals surface area contributed by atoms with Crippen LogP contribution in [0.5, 0.6) is 0 Å². The van der Waals surface area contributed by atoms with E-state index >= 15 is 0 Å². The Kier molecular flexibility index (Phi) is 3.54. The van der Waals surface area contributed by atoms with Gasteiger partial charge in [0.15, 0.2) is 0 Å². The maximum Gasteiger partial charge on any atom is 0.137 e. The van der Waals surface area contributed by atoms with Crippen LogP contribution in [0.3, 0.4) is 0 Å². The molecule has 23 heavy (non-hydrogen) atoms. The number of aryl methyl sites for hydroxylation is 1. The Morgan fingerprint density at radius 3 is 2.96 bits per heavy atom. The average molecular weight is 346 g/mol. The Labute approximate surface area is 142 Å². The Morgan fingerprint density at radius 1 is 1.26 bits per heavy atom. The summed E-state index contributed by atoms with van der Waals surface area (Å²) >= 11 is 7.82. The van der Waals surface area contributed by atoms with E-state index in [4.69, 9.17) is 11.6 Å². The fraction of sp³-hybridized carbons (Fsp3) is 0.118. The lowest BCUT2D eigenvalue weighted by atomic mass is 10.2. The molecule has 0 atom stereocenters. The third kappa shape index (κ3) is 2.50. The molecule has 116 valence electrons. The second kappa shape index (κ2) is 5.58. The van der Waals surface area contributed by atoms with Gasteiger partial charge in [0.1, 0.15) is 11.5 Å². The second-order valence-electron chi connectivity index (χ2n) is 5.33. The van der Waals surface area contributed by atoms with E-state index in [1.807, 2.05) is 35.7 Å². The maximum atomic E-state index is 13.6. The summed E-state index contributed by atoms with van der Waals surface area (Å²) in [4.78, 5) is 6.69. The number of fused-ring (bicyclic) bond motifs is 1. The fourth-order valence-corrected chi connectivity index (χ4v) is 3.88. The topological polar surface area (TPSA) is 20.5 Å². The highest BCUT2D eigenvalue weighted by Crippen LogP contribution is 2.37. The minimum atomic E-state index is -0.239. The number of halogens is 2. The molecule has 3 heterocycles. The van der Waals surface area contributed by atoms with Gasteiger partial charge in [-0.1, -0.05) is 17.7 Å². The second-order valence-corrected chi connectivity index (χ2v) is 6.59. The number of benzene rings is 1. The number of pyridine rings is 1. The molecular weight excluding hydrogens is 333 g/mol. The van der Waals surface area contributed by atoms with Crippen LogP contribution in [0.15, 0.2) is 48.0 Å². The van der Waals surface area contributed by atoms with Gasteiger partial charge in [-0.2, -0.15) is 0 Å². The van der Waals surface area contributed by atoms with E-state index in [9.17, 15) is 4.39 Å². The zero-order valence-corrected chi connectivity index (χ0v) is 13.9. The number of hydrogen-bond acceptors (Lipinski definition) is 3. The molecule has 6 heteroatoms. The van der Waals surface area contributed by atoms with Crippen LogP contribution < -0.4 is 4.90 Å². The van der Waals surface area contributed by atoms with Crippen LogP contribution in [-0.2, 0) is 0 Å². The molecule has 1 aliphatic heterocycles. The van der Waals surface area contributed by atoms with E-state index in [-0.39, 0.29) is 5.82 Å². The Hall–Kier alpha value is -1.98. The van der Waals surface area contributed by atoms with Crippen molar-refractivity contribution in [3.63, 3.8) is 0 Å². The van der Waals surface area contributed by atoms with Crippen molar-refractivity contribution in [2.24, 2.45) is 0 Å². The Morgan fingerprint density at radius 2 is 2.13 bits per heavy atom. The van der Waals surface area contributed by atoms with Crippen molar-refractivity contribution in [3.05, 3.63) is 70.2 Å². The number of imidazole rings is 1. The van der Waals surface area contributed by atoms with Gasteiger partial charge in [-0.15, -0.1) is 11.8 Å². The average Bonchev–Trinajstić information content (AvgIpc) is 3.10. The molecule has 1 aliphatic rings. The molecule has 3 nitrogen and oxygen atoms in total. The lowest BCUT2D eigenvalue weighted by molar-refractivity contribution is 0.628. The number of thioether (sulfide) groups is 1. The fourth-order valence-electron chi connectivity index (χ4n) is 2.81. The lowest BCUT2D eigenvalue weighted by Gasteiger charge is -2.22. The highest BCUT2D eigenvalue weighted by atomic mass is 35.5. The van der Waals surface area contributed by atoms with E-state index in [1.165, 1.54) is 6.07 Å². The summed E-state index contributed by atoms with van der Waals surface area (Å²) in [5, 5.41) is 2.74. The highest BCUT2D eigenvalue weighted by Gasteiger charge is 2.24. The van der Waals surface area contributed by atoms with E-state index in [0.29, 0.717) is 5.02 Å². The normalized spacial score (nSPS) is 14.6. The molecular formula is C17H13ClFN3S. The van der Waals surface area contributed by atoms with Crippen LogP contribution in [-0.4, -0.2) is 15.3 Å². The molecule has 0 unspecified atom stereocenters. The smallest absolute Gasteiger partial charge is 0.137 e. The SMILES string of the molecule is Cc1nc2ccc(Cl)cn2c1C1=CSCN1c1cccc(F)c1. The van der Waals surface area contributed by atoms with Crippen molar-refractivity contribution in [2.45, 2.75) is 6.92 Å². The van der Waals surface area contributed by atoms with E-state index in [2.05, 4.69) is 15.3 Å². The van der Waals surface area contributed by atoms with Crippen molar-refractivity contribution >= 4 is 40.4 Å². The number of nitrogens with zero attached hydrogens (tertiary/aromatic N) is 3. The first-order valence-electron chi connectivity index (χ1n) is 7.13. The molecule has 0 radical (unpaired) electrons. The molecule has 0 bridgehead atoms. The third-order valence-corrected chi connectivity index (χ3v) is 4.83. The first-order valence-corrected chi connectivity index (χ1v) is 8.55. The van der Waals surface area contributed by atoms with Gasteiger partial charge in [-0.05, 0) is 42.7 Å². The molecule has 0 N–H and O–H groups in total. The molecule has 4 rings (SSSR count). The van der Waals surface area contributed by atoms with E-state index in [0.717, 1.165) is 34.3 Å². The van der Waals surface area contributed by atoms with E-state index in [1.54, 1.807) is 23.9 Å². The standard InChI is InChI=1S/C17H13ClFN3S/c1-11-17(21-8-12(18)5-6-16(21)20-11)15-9-23-10-22(15)14-4-2-3-13(19)7-14/h2-9H,10H2,1H3. The van der Waals surface area contributed by atoms with Crippen molar-refractivity contribution in [2.75, 3.05) is 10.8 Å². The van der Waals surface area contributed by atoms with Crippen molar-refractivity contribution in [3.8, 4) is 0 Å². The summed E-state index contributed by atoms with van der Waals surface area (Å²) < 4.78 is 15.6. The molecule has 0 fully saturated rings. The first-order chi connectivity index (χ1) is 11.1. The van der Waals surface area contributed by atoms with Gasteiger partial charge in [0, 0.05) is 11.9 Å². The molecule has 0 amide bonds. The zero-order valence-electron chi connectivity index (χ0n) is 12.3. The van der Waals surface area contributed by atoms with Gasteiger partial charge in [0.25, 0.3) is 0 Å². The van der Waals surface area contributed by atoms with Crippen LogP contribution in [0, 0.1) is 12.7 Å². The van der Waals surface area contributed by atoms with Gasteiger partial charge in [-0.25, -0.2) is 9.37 Å². The number of hydrogen-bond donors (Lipinski definition) is 0. The molecule has 0 saturated heterocycles. The van der Waals surface area contributed by atoms with Crippen LogP contribution in [0.25, 0.3) is 11.3 Å². The van der Waals surface area contributed by atoms with E-state index < -0.39 is 0 Å². The Bertz CT molecular complexity index is 935. The largest absolute Gasteiger partial charge is 0.329 e. The summed E-state index contributed by atoms with van der Waals surface area (Å²) in [5.41, 5.74) is 4.59. The minimum Gasteiger partial charge on any atom is -0.329 e. The van der Waals surface area contributed by atoms with Crippen LogP contribution in [0.1, 0.15) is 11.4 Å². The zero-order chi connectivity index (χ0) is 16.0. The third-order valence-electron chi connectivity index (χ3n) is 3.81. The maximum absolute atomic E-state index is 13.6. The minimum absolute atomic E-state index is 0.239. The van der Waals surface area contributed by atoms with Crippen LogP contribution in [0.2, 0.25) is 5.02 Å². The number of rotatable bonds is 2.